The molecule has 1 aromatic heterocycles. The standard InChI is InChI=1S/C20H16ClN3O/c21-16-4-2-5-17(11-16)24-13-15-3-1-6-18(19(15)20(24)25)23-12-14-7-9-22-10-8-14/h1-11,23H,12-13H2. The van der Waals surface area contributed by atoms with Crippen LogP contribution >= 0.6 is 11.6 Å². The van der Waals surface area contributed by atoms with Crippen molar-refractivity contribution in [3.8, 4) is 0 Å². The van der Waals surface area contributed by atoms with Gasteiger partial charge in [-0.25, -0.2) is 0 Å². The molecule has 124 valence electrons. The monoisotopic (exact) mass is 349 g/mol. The molecule has 1 N–H and O–H groups in total. The van der Waals surface area contributed by atoms with E-state index >= 15 is 0 Å². The molecule has 0 spiro atoms. The molecule has 0 aliphatic carbocycles. The van der Waals surface area contributed by atoms with E-state index in [0.717, 1.165) is 28.1 Å². The van der Waals surface area contributed by atoms with E-state index < -0.39 is 0 Å². The van der Waals surface area contributed by atoms with Crippen molar-refractivity contribution in [2.75, 3.05) is 10.2 Å². The molecule has 0 radical (unpaired) electrons. The average Bonchev–Trinajstić information content (AvgIpc) is 2.98. The molecule has 25 heavy (non-hydrogen) atoms. The molecular formula is C20H16ClN3O. The predicted molar refractivity (Wildman–Crippen MR) is 100.0 cm³/mol. The number of carbonyl (C=O) groups is 1. The van der Waals surface area contributed by atoms with E-state index in [0.29, 0.717) is 18.1 Å². The van der Waals surface area contributed by atoms with Gasteiger partial charge >= 0.3 is 0 Å². The van der Waals surface area contributed by atoms with Gasteiger partial charge in [0.1, 0.15) is 0 Å². The molecule has 0 unspecified atom stereocenters. The molecule has 0 saturated heterocycles. The Morgan fingerprint density at radius 3 is 2.68 bits per heavy atom. The summed E-state index contributed by atoms with van der Waals surface area (Å²) in [6, 6.07) is 17.2. The second kappa shape index (κ2) is 6.57. The molecule has 5 heteroatoms. The topological polar surface area (TPSA) is 45.2 Å². The molecule has 4 nitrogen and oxygen atoms in total. The number of nitrogens with one attached hydrogen (secondary N) is 1. The molecule has 1 amide bonds. The number of fused-ring (bicyclic) bond motifs is 1. The Labute approximate surface area is 151 Å². The summed E-state index contributed by atoms with van der Waals surface area (Å²) >= 11 is 6.08. The van der Waals surface area contributed by atoms with Crippen molar-refractivity contribution in [1.82, 2.24) is 4.98 Å². The van der Waals surface area contributed by atoms with Gasteiger partial charge in [0.2, 0.25) is 0 Å². The van der Waals surface area contributed by atoms with Gasteiger partial charge in [-0.2, -0.15) is 0 Å². The van der Waals surface area contributed by atoms with Crippen LogP contribution in [0.4, 0.5) is 11.4 Å². The van der Waals surface area contributed by atoms with Gasteiger partial charge in [0.25, 0.3) is 5.91 Å². The largest absolute Gasteiger partial charge is 0.380 e. The minimum absolute atomic E-state index is 0.00454. The van der Waals surface area contributed by atoms with Gasteiger partial charge in [0, 0.05) is 35.3 Å². The molecule has 2 heterocycles. The van der Waals surface area contributed by atoms with Crippen LogP contribution in [0.25, 0.3) is 0 Å². The second-order valence-electron chi connectivity index (χ2n) is 5.92. The highest BCUT2D eigenvalue weighted by Gasteiger charge is 2.30. The van der Waals surface area contributed by atoms with E-state index in [-0.39, 0.29) is 5.91 Å². The molecule has 3 aromatic rings. The fourth-order valence-corrected chi connectivity index (χ4v) is 3.24. The smallest absolute Gasteiger partial charge is 0.261 e. The Balaban J connectivity index is 1.61. The molecule has 0 bridgehead atoms. The maximum Gasteiger partial charge on any atom is 0.261 e. The second-order valence-corrected chi connectivity index (χ2v) is 6.36. The van der Waals surface area contributed by atoms with Crippen molar-refractivity contribution in [2.24, 2.45) is 0 Å². The van der Waals surface area contributed by atoms with Crippen LogP contribution in [0.5, 0.6) is 0 Å². The van der Waals surface area contributed by atoms with Gasteiger partial charge in [-0.15, -0.1) is 0 Å². The summed E-state index contributed by atoms with van der Waals surface area (Å²) in [5.41, 5.74) is 4.53. The number of rotatable bonds is 4. The number of nitrogens with zero attached hydrogens (tertiary/aromatic N) is 2. The quantitative estimate of drug-likeness (QED) is 0.753. The van der Waals surface area contributed by atoms with Crippen LogP contribution in [0, 0.1) is 0 Å². The lowest BCUT2D eigenvalue weighted by Crippen LogP contribution is -2.23. The number of anilines is 2. The summed E-state index contributed by atoms with van der Waals surface area (Å²) in [7, 11) is 0. The van der Waals surface area contributed by atoms with Crippen LogP contribution in [-0.4, -0.2) is 10.9 Å². The molecule has 2 aromatic carbocycles. The number of carbonyl (C=O) groups excluding carboxylic acids is 1. The van der Waals surface area contributed by atoms with Gasteiger partial charge in [-0.3, -0.25) is 9.78 Å². The summed E-state index contributed by atoms with van der Waals surface area (Å²) in [4.78, 5) is 18.8. The minimum Gasteiger partial charge on any atom is -0.380 e. The number of halogens is 1. The first-order valence-electron chi connectivity index (χ1n) is 8.04. The number of benzene rings is 2. The highest BCUT2D eigenvalue weighted by atomic mass is 35.5. The molecule has 1 aliphatic rings. The van der Waals surface area contributed by atoms with E-state index in [9.17, 15) is 4.79 Å². The average molecular weight is 350 g/mol. The Morgan fingerprint density at radius 1 is 1.08 bits per heavy atom. The lowest BCUT2D eigenvalue weighted by Gasteiger charge is -2.16. The number of hydrogen-bond acceptors (Lipinski definition) is 3. The van der Waals surface area contributed by atoms with Crippen molar-refractivity contribution < 1.29 is 4.79 Å². The maximum atomic E-state index is 13.0. The Kier molecular flexibility index (Phi) is 4.12. The first-order valence-corrected chi connectivity index (χ1v) is 8.42. The molecular weight excluding hydrogens is 334 g/mol. The predicted octanol–water partition coefficient (Wildman–Crippen LogP) is 4.51. The van der Waals surface area contributed by atoms with E-state index in [1.807, 2.05) is 48.5 Å². The fraction of sp³-hybridized carbons (Fsp3) is 0.100. The zero-order valence-electron chi connectivity index (χ0n) is 13.4. The minimum atomic E-state index is -0.00454. The van der Waals surface area contributed by atoms with Gasteiger partial charge in [-0.05, 0) is 47.5 Å². The number of amides is 1. The summed E-state index contributed by atoms with van der Waals surface area (Å²) < 4.78 is 0. The summed E-state index contributed by atoms with van der Waals surface area (Å²) in [6.45, 7) is 1.20. The van der Waals surface area contributed by atoms with Gasteiger partial charge in [-0.1, -0.05) is 29.8 Å². The fourth-order valence-electron chi connectivity index (χ4n) is 3.06. The van der Waals surface area contributed by atoms with Gasteiger partial charge in [0.15, 0.2) is 0 Å². The van der Waals surface area contributed by atoms with Crippen molar-refractivity contribution in [2.45, 2.75) is 13.1 Å². The third-order valence-electron chi connectivity index (χ3n) is 4.29. The van der Waals surface area contributed by atoms with Crippen molar-refractivity contribution in [3.63, 3.8) is 0 Å². The molecule has 0 fully saturated rings. The summed E-state index contributed by atoms with van der Waals surface area (Å²) in [6.07, 6.45) is 3.52. The molecule has 1 aliphatic heterocycles. The zero-order valence-corrected chi connectivity index (χ0v) is 14.2. The first kappa shape index (κ1) is 15.7. The van der Waals surface area contributed by atoms with E-state index in [4.69, 9.17) is 11.6 Å². The zero-order chi connectivity index (χ0) is 17.2. The first-order chi connectivity index (χ1) is 12.2. The normalized spacial score (nSPS) is 13.0. The Bertz CT molecular complexity index is 927. The number of hydrogen-bond donors (Lipinski definition) is 1. The van der Waals surface area contributed by atoms with E-state index in [2.05, 4.69) is 10.3 Å². The number of aromatic nitrogens is 1. The Morgan fingerprint density at radius 2 is 1.88 bits per heavy atom. The Hall–Kier alpha value is -2.85. The number of pyridine rings is 1. The van der Waals surface area contributed by atoms with E-state index in [1.54, 1.807) is 23.4 Å². The lowest BCUT2D eigenvalue weighted by molar-refractivity contribution is 0.0997. The van der Waals surface area contributed by atoms with Crippen LogP contribution in [0.2, 0.25) is 5.02 Å². The van der Waals surface area contributed by atoms with Crippen molar-refractivity contribution in [3.05, 3.63) is 88.7 Å². The van der Waals surface area contributed by atoms with Crippen LogP contribution in [0.1, 0.15) is 21.5 Å². The van der Waals surface area contributed by atoms with E-state index in [1.165, 1.54) is 0 Å². The third kappa shape index (κ3) is 3.08. The van der Waals surface area contributed by atoms with Crippen LogP contribution in [0.3, 0.4) is 0 Å². The third-order valence-corrected chi connectivity index (χ3v) is 4.53. The van der Waals surface area contributed by atoms with Gasteiger partial charge in [0.05, 0.1) is 12.1 Å². The molecule has 0 saturated carbocycles. The van der Waals surface area contributed by atoms with Gasteiger partial charge < -0.3 is 10.2 Å². The SMILES string of the molecule is O=C1c2c(cccc2NCc2ccncc2)CN1c1cccc(Cl)c1. The van der Waals surface area contributed by atoms with Crippen molar-refractivity contribution >= 4 is 28.9 Å². The molecule has 0 atom stereocenters. The van der Waals surface area contributed by atoms with Crippen molar-refractivity contribution in [1.29, 1.82) is 0 Å². The van der Waals surface area contributed by atoms with Crippen LogP contribution in [0.15, 0.2) is 67.0 Å². The highest BCUT2D eigenvalue weighted by Crippen LogP contribution is 2.33. The van der Waals surface area contributed by atoms with Crippen LogP contribution in [-0.2, 0) is 13.1 Å². The maximum absolute atomic E-state index is 13.0. The summed E-state index contributed by atoms with van der Waals surface area (Å²) in [5.74, 6) is -0.00454. The van der Waals surface area contributed by atoms with Crippen LogP contribution < -0.4 is 10.2 Å². The molecule has 4 rings (SSSR count). The highest BCUT2D eigenvalue weighted by molar-refractivity contribution is 6.31. The summed E-state index contributed by atoms with van der Waals surface area (Å²) in [5, 5.41) is 4.00. The lowest BCUT2D eigenvalue weighted by atomic mass is 10.1.